The van der Waals surface area contributed by atoms with Crippen molar-refractivity contribution in [2.24, 2.45) is 7.05 Å². The summed E-state index contributed by atoms with van der Waals surface area (Å²) in [5.74, 6) is -0.210. The third-order valence-electron chi connectivity index (χ3n) is 5.17. The minimum absolute atomic E-state index is 0.0569. The van der Waals surface area contributed by atoms with E-state index < -0.39 is 0 Å². The molecule has 2 amide bonds. The zero-order chi connectivity index (χ0) is 19.0. The van der Waals surface area contributed by atoms with Crippen LogP contribution < -0.4 is 5.32 Å². The van der Waals surface area contributed by atoms with E-state index in [2.05, 4.69) is 28.2 Å². The van der Waals surface area contributed by atoms with Gasteiger partial charge in [0.2, 0.25) is 5.91 Å². The predicted molar refractivity (Wildman–Crippen MR) is 106 cm³/mol. The van der Waals surface area contributed by atoms with E-state index in [1.54, 1.807) is 4.90 Å². The first kappa shape index (κ1) is 17.3. The summed E-state index contributed by atoms with van der Waals surface area (Å²) >= 11 is 0. The number of amides is 2. The van der Waals surface area contributed by atoms with Crippen LogP contribution in [0, 0.1) is 0 Å². The van der Waals surface area contributed by atoms with E-state index in [4.69, 9.17) is 0 Å². The number of nitrogens with zero attached hydrogens (tertiary/aromatic N) is 2. The Morgan fingerprint density at radius 2 is 1.81 bits per heavy atom. The minimum atomic E-state index is -0.257. The van der Waals surface area contributed by atoms with Crippen molar-refractivity contribution in [2.45, 2.75) is 19.4 Å². The van der Waals surface area contributed by atoms with Gasteiger partial charge in [0.15, 0.2) is 0 Å². The number of carbonyl (C=O) groups excluding carboxylic acids is 2. The second-order valence-electron chi connectivity index (χ2n) is 6.99. The highest BCUT2D eigenvalue weighted by molar-refractivity contribution is 6.02. The molecule has 1 unspecified atom stereocenters. The van der Waals surface area contributed by atoms with E-state index >= 15 is 0 Å². The van der Waals surface area contributed by atoms with Gasteiger partial charge in [-0.3, -0.25) is 9.59 Å². The van der Waals surface area contributed by atoms with Crippen LogP contribution in [0.4, 0.5) is 0 Å². The van der Waals surface area contributed by atoms with Gasteiger partial charge in [0, 0.05) is 41.8 Å². The Kier molecular flexibility index (Phi) is 4.44. The monoisotopic (exact) mass is 361 g/mol. The van der Waals surface area contributed by atoms with Crippen LogP contribution >= 0.6 is 0 Å². The van der Waals surface area contributed by atoms with E-state index in [0.29, 0.717) is 12.1 Å². The normalized spacial score (nSPS) is 16.0. The van der Waals surface area contributed by atoms with Crippen LogP contribution in [-0.2, 0) is 11.8 Å². The maximum absolute atomic E-state index is 13.1. The lowest BCUT2D eigenvalue weighted by molar-refractivity contribution is -0.122. The molecule has 5 heteroatoms. The molecule has 1 N–H and O–H groups in total. The topological polar surface area (TPSA) is 54.3 Å². The molecule has 1 aliphatic rings. The number of hydrogen-bond donors (Lipinski definition) is 1. The van der Waals surface area contributed by atoms with Crippen molar-refractivity contribution in [3.8, 4) is 0 Å². The summed E-state index contributed by atoms with van der Waals surface area (Å²) in [5.41, 5.74) is 3.80. The standard InChI is InChI=1S/C22H23N3O2/c1-3-12-23-20(26)14-25-21(16-9-4-5-10-17(16)22(25)27)18-13-24(2)19-11-7-6-8-15(18)19/h4-11,13,21H,3,12,14H2,1-2H3,(H,23,26). The van der Waals surface area contributed by atoms with E-state index in [9.17, 15) is 9.59 Å². The second-order valence-corrected chi connectivity index (χ2v) is 6.99. The molecule has 1 aromatic heterocycles. The average molecular weight is 361 g/mol. The van der Waals surface area contributed by atoms with Gasteiger partial charge in [-0.1, -0.05) is 43.3 Å². The molecule has 5 nitrogen and oxygen atoms in total. The van der Waals surface area contributed by atoms with Gasteiger partial charge >= 0.3 is 0 Å². The Morgan fingerprint density at radius 1 is 1.07 bits per heavy atom. The smallest absolute Gasteiger partial charge is 0.255 e. The molecule has 27 heavy (non-hydrogen) atoms. The SMILES string of the molecule is CCCNC(=O)CN1C(=O)c2ccccc2C1c1cn(C)c2ccccc12. The van der Waals surface area contributed by atoms with Crippen LogP contribution in [0.25, 0.3) is 10.9 Å². The van der Waals surface area contributed by atoms with Crippen LogP contribution in [-0.4, -0.2) is 34.4 Å². The molecule has 1 atom stereocenters. The Labute approximate surface area is 158 Å². The first-order valence-electron chi connectivity index (χ1n) is 9.32. The van der Waals surface area contributed by atoms with Crippen molar-refractivity contribution in [3.05, 3.63) is 71.4 Å². The molecule has 0 radical (unpaired) electrons. The van der Waals surface area contributed by atoms with Crippen LogP contribution in [0.3, 0.4) is 0 Å². The van der Waals surface area contributed by atoms with Crippen molar-refractivity contribution in [2.75, 3.05) is 13.1 Å². The van der Waals surface area contributed by atoms with Crippen molar-refractivity contribution in [3.63, 3.8) is 0 Å². The molecular weight excluding hydrogens is 338 g/mol. The van der Waals surface area contributed by atoms with Gasteiger partial charge in [-0.25, -0.2) is 0 Å². The molecule has 1 aliphatic heterocycles. The summed E-state index contributed by atoms with van der Waals surface area (Å²) in [4.78, 5) is 27.2. The van der Waals surface area contributed by atoms with E-state index in [-0.39, 0.29) is 24.4 Å². The highest BCUT2D eigenvalue weighted by atomic mass is 16.2. The molecule has 2 aromatic carbocycles. The van der Waals surface area contributed by atoms with Gasteiger partial charge in [0.25, 0.3) is 5.91 Å². The lowest BCUT2D eigenvalue weighted by Gasteiger charge is -2.25. The number of nitrogens with one attached hydrogen (secondary N) is 1. The predicted octanol–water partition coefficient (Wildman–Crippen LogP) is 3.25. The summed E-state index contributed by atoms with van der Waals surface area (Å²) in [6.45, 7) is 2.68. The number of aryl methyl sites for hydroxylation is 1. The Hall–Kier alpha value is -3.08. The maximum Gasteiger partial charge on any atom is 0.255 e. The number of hydrogen-bond acceptors (Lipinski definition) is 2. The fraction of sp³-hybridized carbons (Fsp3) is 0.273. The largest absolute Gasteiger partial charge is 0.355 e. The minimum Gasteiger partial charge on any atom is -0.355 e. The third kappa shape index (κ3) is 2.89. The third-order valence-corrected chi connectivity index (χ3v) is 5.17. The number of rotatable bonds is 5. The zero-order valence-corrected chi connectivity index (χ0v) is 15.6. The Bertz CT molecular complexity index is 1020. The first-order valence-corrected chi connectivity index (χ1v) is 9.32. The molecule has 0 fully saturated rings. The number of fused-ring (bicyclic) bond motifs is 2. The molecule has 0 bridgehead atoms. The molecule has 3 aromatic rings. The molecule has 0 aliphatic carbocycles. The fourth-order valence-corrected chi connectivity index (χ4v) is 3.93. The van der Waals surface area contributed by atoms with E-state index in [0.717, 1.165) is 28.5 Å². The van der Waals surface area contributed by atoms with E-state index in [1.165, 1.54) is 0 Å². The molecule has 0 saturated carbocycles. The molecule has 0 spiro atoms. The second kappa shape index (κ2) is 6.91. The molecule has 138 valence electrons. The molecule has 0 saturated heterocycles. The van der Waals surface area contributed by atoms with Gasteiger partial charge < -0.3 is 14.8 Å². The summed E-state index contributed by atoms with van der Waals surface area (Å²) in [6.07, 6.45) is 2.94. The first-order chi connectivity index (χ1) is 13.1. The highest BCUT2D eigenvalue weighted by Crippen LogP contribution is 2.41. The summed E-state index contributed by atoms with van der Waals surface area (Å²) in [7, 11) is 2.01. The average Bonchev–Trinajstić information content (AvgIpc) is 3.15. The van der Waals surface area contributed by atoms with Gasteiger partial charge in [0.05, 0.1) is 6.04 Å². The lowest BCUT2D eigenvalue weighted by Crippen LogP contribution is -2.39. The molecule has 4 rings (SSSR count). The van der Waals surface area contributed by atoms with Gasteiger partial charge in [-0.15, -0.1) is 0 Å². The summed E-state index contributed by atoms with van der Waals surface area (Å²) in [5, 5.41) is 3.99. The summed E-state index contributed by atoms with van der Waals surface area (Å²) < 4.78 is 2.07. The van der Waals surface area contributed by atoms with Gasteiger partial charge in [-0.2, -0.15) is 0 Å². The van der Waals surface area contributed by atoms with Crippen LogP contribution in [0.15, 0.2) is 54.7 Å². The zero-order valence-electron chi connectivity index (χ0n) is 15.6. The maximum atomic E-state index is 13.1. The quantitative estimate of drug-likeness (QED) is 0.758. The van der Waals surface area contributed by atoms with Crippen molar-refractivity contribution >= 4 is 22.7 Å². The highest BCUT2D eigenvalue weighted by Gasteiger charge is 2.39. The fourth-order valence-electron chi connectivity index (χ4n) is 3.93. The Morgan fingerprint density at radius 3 is 2.63 bits per heavy atom. The summed E-state index contributed by atoms with van der Waals surface area (Å²) in [6, 6.07) is 15.6. The van der Waals surface area contributed by atoms with Crippen LogP contribution in [0.5, 0.6) is 0 Å². The van der Waals surface area contributed by atoms with E-state index in [1.807, 2.05) is 50.4 Å². The van der Waals surface area contributed by atoms with Crippen LogP contribution in [0.2, 0.25) is 0 Å². The number of benzene rings is 2. The molecule has 2 heterocycles. The number of aromatic nitrogens is 1. The van der Waals surface area contributed by atoms with Crippen molar-refractivity contribution in [1.29, 1.82) is 0 Å². The van der Waals surface area contributed by atoms with Crippen molar-refractivity contribution in [1.82, 2.24) is 14.8 Å². The number of carbonyl (C=O) groups is 2. The van der Waals surface area contributed by atoms with Crippen LogP contribution in [0.1, 0.15) is 40.9 Å². The lowest BCUT2D eigenvalue weighted by atomic mass is 9.97. The van der Waals surface area contributed by atoms with Gasteiger partial charge in [0.1, 0.15) is 6.54 Å². The number of para-hydroxylation sites is 1. The Balaban J connectivity index is 1.81. The molecular formula is C22H23N3O2. The van der Waals surface area contributed by atoms with Gasteiger partial charge in [-0.05, 0) is 24.1 Å². The van der Waals surface area contributed by atoms with Crippen molar-refractivity contribution < 1.29 is 9.59 Å².